The van der Waals surface area contributed by atoms with E-state index in [1.165, 1.54) is 26.3 Å². The van der Waals surface area contributed by atoms with Crippen LogP contribution in [0.15, 0.2) is 41.3 Å². The lowest BCUT2D eigenvalue weighted by Crippen LogP contribution is -2.38. The van der Waals surface area contributed by atoms with Gasteiger partial charge in [-0.05, 0) is 48.4 Å². The molecule has 2 aromatic rings. The molecule has 9 heteroatoms. The van der Waals surface area contributed by atoms with Gasteiger partial charge in [-0.1, -0.05) is 6.07 Å². The maximum atomic E-state index is 12.7. The fourth-order valence-corrected chi connectivity index (χ4v) is 4.00. The molecule has 1 aliphatic rings. The molecule has 2 aromatic carbocycles. The summed E-state index contributed by atoms with van der Waals surface area (Å²) in [6, 6.07) is 9.94. The number of carbonyl (C=O) groups is 1. The Bertz CT molecular complexity index is 990. The van der Waals surface area contributed by atoms with Gasteiger partial charge in [0.15, 0.2) is 11.5 Å². The number of rotatable bonds is 7. The van der Waals surface area contributed by atoms with Crippen molar-refractivity contribution in [3.05, 3.63) is 47.5 Å². The molecule has 0 saturated heterocycles. The van der Waals surface area contributed by atoms with Gasteiger partial charge in [-0.2, -0.15) is 4.31 Å². The Labute approximate surface area is 164 Å². The third kappa shape index (κ3) is 4.20. The molecule has 0 fully saturated rings. The van der Waals surface area contributed by atoms with Crippen LogP contribution in [0.3, 0.4) is 0 Å². The third-order valence-electron chi connectivity index (χ3n) is 4.37. The molecule has 0 aliphatic carbocycles. The van der Waals surface area contributed by atoms with Crippen LogP contribution in [0.2, 0.25) is 0 Å². The van der Waals surface area contributed by atoms with Gasteiger partial charge in [0.2, 0.25) is 22.7 Å². The molecule has 8 nitrogen and oxygen atoms in total. The number of ether oxygens (including phenoxy) is 3. The number of fused-ring (bicyclic) bond motifs is 1. The Hall–Kier alpha value is -2.78. The molecule has 1 aliphatic heterocycles. The average Bonchev–Trinajstić information content (AvgIpc) is 3.14. The van der Waals surface area contributed by atoms with Gasteiger partial charge in [0.05, 0.1) is 18.6 Å². The molecular weight excluding hydrogens is 384 g/mol. The summed E-state index contributed by atoms with van der Waals surface area (Å²) < 4.78 is 42.1. The number of methoxy groups -OCH3 is 1. The second-order valence-electron chi connectivity index (χ2n) is 6.36. The number of amides is 1. The summed E-state index contributed by atoms with van der Waals surface area (Å²) in [7, 11) is -0.901. The predicted octanol–water partition coefficient (Wildman–Crippen LogP) is 1.67. The largest absolute Gasteiger partial charge is 0.496 e. The van der Waals surface area contributed by atoms with Crippen molar-refractivity contribution in [3.8, 4) is 17.2 Å². The van der Waals surface area contributed by atoms with Crippen molar-refractivity contribution in [2.75, 3.05) is 27.5 Å². The lowest BCUT2D eigenvalue weighted by molar-refractivity contribution is -0.121. The molecule has 1 heterocycles. The van der Waals surface area contributed by atoms with Crippen molar-refractivity contribution in [2.24, 2.45) is 0 Å². The summed E-state index contributed by atoms with van der Waals surface area (Å²) in [4.78, 5) is 12.3. The molecular formula is C19H22N2O6S. The lowest BCUT2D eigenvalue weighted by Gasteiger charge is -2.18. The lowest BCUT2D eigenvalue weighted by atomic mass is 10.2. The topological polar surface area (TPSA) is 94.2 Å². The number of nitrogens with zero attached hydrogens (tertiary/aromatic N) is 1. The zero-order chi connectivity index (χ0) is 20.3. The third-order valence-corrected chi connectivity index (χ3v) is 6.17. The number of aryl methyl sites for hydroxylation is 1. The summed E-state index contributed by atoms with van der Waals surface area (Å²) in [6.45, 7) is 1.90. The molecule has 0 bridgehead atoms. The second-order valence-corrected chi connectivity index (χ2v) is 8.40. The SMILES string of the molecule is COc1ccc(S(=O)(=O)N(C)CC(=O)NCc2ccc3c(c2)OCO3)cc1C. The molecule has 3 rings (SSSR count). The maximum absolute atomic E-state index is 12.7. The summed E-state index contributed by atoms with van der Waals surface area (Å²) in [6.07, 6.45) is 0. The first kappa shape index (κ1) is 20.0. The van der Waals surface area contributed by atoms with Gasteiger partial charge < -0.3 is 19.5 Å². The van der Waals surface area contributed by atoms with Crippen LogP contribution in [0.1, 0.15) is 11.1 Å². The molecule has 0 radical (unpaired) electrons. The Morgan fingerprint density at radius 3 is 2.64 bits per heavy atom. The fourth-order valence-electron chi connectivity index (χ4n) is 2.79. The smallest absolute Gasteiger partial charge is 0.243 e. The second kappa shape index (κ2) is 8.07. The number of sulfonamides is 1. The molecule has 0 aromatic heterocycles. The van der Waals surface area contributed by atoms with Gasteiger partial charge in [-0.25, -0.2) is 8.42 Å². The van der Waals surface area contributed by atoms with E-state index in [4.69, 9.17) is 14.2 Å². The number of likely N-dealkylation sites (N-methyl/N-ethyl adjacent to an activating group) is 1. The van der Waals surface area contributed by atoms with Crippen LogP contribution in [-0.2, 0) is 21.4 Å². The highest BCUT2D eigenvalue weighted by Crippen LogP contribution is 2.32. The van der Waals surface area contributed by atoms with Crippen molar-refractivity contribution in [2.45, 2.75) is 18.4 Å². The molecule has 1 N–H and O–H groups in total. The first-order chi connectivity index (χ1) is 13.3. The zero-order valence-electron chi connectivity index (χ0n) is 15.9. The number of benzene rings is 2. The van der Waals surface area contributed by atoms with Crippen LogP contribution in [0.25, 0.3) is 0 Å². The highest BCUT2D eigenvalue weighted by atomic mass is 32.2. The molecule has 28 heavy (non-hydrogen) atoms. The van der Waals surface area contributed by atoms with Gasteiger partial charge >= 0.3 is 0 Å². The predicted molar refractivity (Wildman–Crippen MR) is 102 cm³/mol. The fraction of sp³-hybridized carbons (Fsp3) is 0.316. The summed E-state index contributed by atoms with van der Waals surface area (Å²) in [5, 5.41) is 2.71. The van der Waals surface area contributed by atoms with Gasteiger partial charge in [0, 0.05) is 13.6 Å². The Balaban J connectivity index is 1.60. The van der Waals surface area contributed by atoms with Gasteiger partial charge in [-0.15, -0.1) is 0 Å². The first-order valence-electron chi connectivity index (χ1n) is 8.57. The van der Waals surface area contributed by atoms with Crippen LogP contribution >= 0.6 is 0 Å². The van der Waals surface area contributed by atoms with E-state index in [2.05, 4.69) is 5.32 Å². The first-order valence-corrected chi connectivity index (χ1v) is 10.0. The minimum Gasteiger partial charge on any atom is -0.496 e. The average molecular weight is 406 g/mol. The molecule has 0 spiro atoms. The molecule has 0 atom stereocenters. The van der Waals surface area contributed by atoms with Crippen LogP contribution in [0.5, 0.6) is 17.2 Å². The Morgan fingerprint density at radius 1 is 1.18 bits per heavy atom. The van der Waals surface area contributed by atoms with E-state index in [9.17, 15) is 13.2 Å². The van der Waals surface area contributed by atoms with E-state index >= 15 is 0 Å². The van der Waals surface area contributed by atoms with Crippen molar-refractivity contribution in [1.82, 2.24) is 9.62 Å². The van der Waals surface area contributed by atoms with Crippen LogP contribution < -0.4 is 19.5 Å². The van der Waals surface area contributed by atoms with Gasteiger partial charge in [0.1, 0.15) is 5.75 Å². The zero-order valence-corrected chi connectivity index (χ0v) is 16.7. The summed E-state index contributed by atoms with van der Waals surface area (Å²) in [5.41, 5.74) is 1.53. The monoisotopic (exact) mass is 406 g/mol. The molecule has 0 unspecified atom stereocenters. The van der Waals surface area contributed by atoms with Crippen LogP contribution in [-0.4, -0.2) is 46.1 Å². The van der Waals surface area contributed by atoms with E-state index < -0.39 is 15.9 Å². The highest BCUT2D eigenvalue weighted by molar-refractivity contribution is 7.89. The number of nitrogens with one attached hydrogen (secondary N) is 1. The van der Waals surface area contributed by atoms with E-state index in [0.29, 0.717) is 22.8 Å². The number of carbonyl (C=O) groups excluding carboxylic acids is 1. The Kier molecular flexibility index (Phi) is 5.76. The van der Waals surface area contributed by atoms with Crippen molar-refractivity contribution in [1.29, 1.82) is 0 Å². The molecule has 0 saturated carbocycles. The number of hydrogen-bond donors (Lipinski definition) is 1. The molecule has 1 amide bonds. The van der Waals surface area contributed by atoms with Crippen LogP contribution in [0, 0.1) is 6.92 Å². The van der Waals surface area contributed by atoms with Crippen molar-refractivity contribution >= 4 is 15.9 Å². The van der Waals surface area contributed by atoms with E-state index in [-0.39, 0.29) is 24.8 Å². The minimum atomic E-state index is -3.79. The number of hydrogen-bond acceptors (Lipinski definition) is 6. The minimum absolute atomic E-state index is 0.108. The summed E-state index contributed by atoms with van der Waals surface area (Å²) in [5.74, 6) is 1.48. The van der Waals surface area contributed by atoms with E-state index in [1.54, 1.807) is 25.1 Å². The van der Waals surface area contributed by atoms with Crippen molar-refractivity contribution < 1.29 is 27.4 Å². The normalized spacial score (nSPS) is 12.9. The van der Waals surface area contributed by atoms with E-state index in [0.717, 1.165) is 9.87 Å². The van der Waals surface area contributed by atoms with Gasteiger partial charge in [0.25, 0.3) is 0 Å². The van der Waals surface area contributed by atoms with E-state index in [1.807, 2.05) is 6.07 Å². The maximum Gasteiger partial charge on any atom is 0.243 e. The standard InChI is InChI=1S/C19H22N2O6S/c1-13-8-15(5-7-16(13)25-3)28(23,24)21(2)11-19(22)20-10-14-4-6-17-18(9-14)27-12-26-17/h4-9H,10-12H2,1-3H3,(H,20,22). The Morgan fingerprint density at radius 2 is 1.93 bits per heavy atom. The molecule has 150 valence electrons. The van der Waals surface area contributed by atoms with Crippen LogP contribution in [0.4, 0.5) is 0 Å². The highest BCUT2D eigenvalue weighted by Gasteiger charge is 2.23. The van der Waals surface area contributed by atoms with Crippen molar-refractivity contribution in [3.63, 3.8) is 0 Å². The summed E-state index contributed by atoms with van der Waals surface area (Å²) >= 11 is 0. The van der Waals surface area contributed by atoms with Gasteiger partial charge in [-0.3, -0.25) is 4.79 Å². The quantitative estimate of drug-likeness (QED) is 0.752.